The van der Waals surface area contributed by atoms with Crippen LogP contribution in [0, 0.1) is 17.8 Å². The molecule has 1 N–H and O–H groups in total. The molecule has 4 aliphatic rings. The summed E-state index contributed by atoms with van der Waals surface area (Å²) < 4.78 is 26.6. The molecule has 218 valence electrons. The van der Waals surface area contributed by atoms with Crippen LogP contribution in [-0.4, -0.2) is 83.9 Å². The lowest BCUT2D eigenvalue weighted by atomic mass is 9.68. The van der Waals surface area contributed by atoms with Gasteiger partial charge in [0.05, 0.1) is 36.7 Å². The molecule has 0 radical (unpaired) electrons. The van der Waals surface area contributed by atoms with Gasteiger partial charge in [-0.1, -0.05) is 25.5 Å². The number of allylic oxidation sites excluding steroid dienone is 1. The molecular formula is C30H48N4O5. The molecule has 3 aliphatic heterocycles. The van der Waals surface area contributed by atoms with Crippen molar-refractivity contribution in [3.05, 3.63) is 29.9 Å². The molecule has 4 fully saturated rings. The van der Waals surface area contributed by atoms with Crippen molar-refractivity contribution in [1.29, 1.82) is 0 Å². The molecule has 3 saturated heterocycles. The van der Waals surface area contributed by atoms with Gasteiger partial charge in [-0.05, 0) is 71.9 Å². The van der Waals surface area contributed by atoms with E-state index in [1.54, 1.807) is 7.11 Å². The summed E-state index contributed by atoms with van der Waals surface area (Å²) in [4.78, 5) is 20.3. The van der Waals surface area contributed by atoms with Crippen LogP contribution >= 0.6 is 0 Å². The highest BCUT2D eigenvalue weighted by Gasteiger charge is 2.72. The van der Waals surface area contributed by atoms with Crippen LogP contribution < -0.4 is 5.32 Å². The normalized spacial score (nSPS) is 36.7. The van der Waals surface area contributed by atoms with Crippen LogP contribution in [0.4, 0.5) is 4.79 Å². The number of aromatic nitrogens is 2. The molecule has 39 heavy (non-hydrogen) atoms. The van der Waals surface area contributed by atoms with E-state index < -0.39 is 6.09 Å². The summed E-state index contributed by atoms with van der Waals surface area (Å²) in [7, 11) is 3.88. The number of likely N-dealkylation sites (tertiary alicyclic amines) is 1. The summed E-state index contributed by atoms with van der Waals surface area (Å²) in [5.41, 5.74) is 1.55. The molecule has 1 amide bonds. The van der Waals surface area contributed by atoms with Crippen molar-refractivity contribution in [1.82, 2.24) is 19.8 Å². The second-order valence-corrected chi connectivity index (χ2v) is 13.1. The minimum Gasteiger partial charge on any atom is -0.443 e. The van der Waals surface area contributed by atoms with Gasteiger partial charge in [-0.2, -0.15) is 0 Å². The Morgan fingerprint density at radius 1 is 1.33 bits per heavy atom. The predicted octanol–water partition coefficient (Wildman–Crippen LogP) is 4.33. The molecule has 8 atom stereocenters. The molecule has 0 bridgehead atoms. The van der Waals surface area contributed by atoms with E-state index in [4.69, 9.17) is 18.9 Å². The Morgan fingerprint density at radius 2 is 2.10 bits per heavy atom. The minimum atomic E-state index is -0.429. The SMILES string of the molecule is CO[C@H]1C([C@@]2(C)O[C@@H]2CC=C(C)C)[C@]2(CC[C@H]1OC(=O)N[C@H](c1cn(C[C@@H]3CCN(C)C3)cn1)C(C)C)CO2. The molecule has 9 heteroatoms. The van der Waals surface area contributed by atoms with Crippen molar-refractivity contribution in [2.45, 2.75) is 102 Å². The highest BCUT2D eigenvalue weighted by atomic mass is 16.6. The van der Waals surface area contributed by atoms with Crippen molar-refractivity contribution < 1.29 is 23.7 Å². The molecule has 1 saturated carbocycles. The maximum atomic E-state index is 13.3. The highest BCUT2D eigenvalue weighted by molar-refractivity contribution is 5.68. The number of carbonyl (C=O) groups excluding carboxylic acids is 1. The second kappa shape index (κ2) is 11.1. The zero-order valence-electron chi connectivity index (χ0n) is 24.8. The standard InChI is InChI=1S/C30H48N4O5/c1-19(2)8-9-24-29(5,39-24)27-26(36-7)23(10-12-30(27)17-37-30)38-28(35)32-25(20(3)4)22-16-34(18-31-22)15-21-11-13-33(6)14-21/h8,16,18,20-21,23-27H,9-15,17H2,1-7H3,(H,32,35)/t21-,23-,24-,25+,26-,27?,29+,30+/m1/s1. The first-order chi connectivity index (χ1) is 18.5. The fraction of sp³-hybridized carbons (Fsp3) is 0.800. The van der Waals surface area contributed by atoms with E-state index >= 15 is 0 Å². The van der Waals surface area contributed by atoms with E-state index in [-0.39, 0.29) is 47.4 Å². The van der Waals surface area contributed by atoms with Crippen LogP contribution in [0.2, 0.25) is 0 Å². The monoisotopic (exact) mass is 544 g/mol. The van der Waals surface area contributed by atoms with Gasteiger partial charge in [0.1, 0.15) is 23.4 Å². The third kappa shape index (κ3) is 6.06. The van der Waals surface area contributed by atoms with Crippen LogP contribution in [0.15, 0.2) is 24.2 Å². The van der Waals surface area contributed by atoms with Crippen LogP contribution in [0.25, 0.3) is 0 Å². The zero-order chi connectivity index (χ0) is 27.9. The van der Waals surface area contributed by atoms with Crippen LogP contribution in [0.1, 0.15) is 72.0 Å². The van der Waals surface area contributed by atoms with E-state index in [1.165, 1.54) is 12.0 Å². The Bertz CT molecular complexity index is 1050. The average molecular weight is 545 g/mol. The fourth-order valence-corrected chi connectivity index (χ4v) is 7.06. The molecule has 0 aromatic carbocycles. The fourth-order valence-electron chi connectivity index (χ4n) is 7.06. The number of rotatable bonds is 10. The molecular weight excluding hydrogens is 496 g/mol. The predicted molar refractivity (Wildman–Crippen MR) is 148 cm³/mol. The van der Waals surface area contributed by atoms with Crippen LogP contribution in [-0.2, 0) is 25.5 Å². The highest BCUT2D eigenvalue weighted by Crippen LogP contribution is 2.59. The van der Waals surface area contributed by atoms with Gasteiger partial charge in [0, 0.05) is 26.4 Å². The molecule has 4 heterocycles. The molecule has 1 spiro atoms. The lowest BCUT2D eigenvalue weighted by Crippen LogP contribution is -2.56. The quantitative estimate of drug-likeness (QED) is 0.346. The van der Waals surface area contributed by atoms with Crippen LogP contribution in [0.5, 0.6) is 0 Å². The van der Waals surface area contributed by atoms with Gasteiger partial charge >= 0.3 is 6.09 Å². The number of epoxide rings is 2. The number of nitrogens with zero attached hydrogens (tertiary/aromatic N) is 3. The number of nitrogens with one attached hydrogen (secondary N) is 1. The van der Waals surface area contributed by atoms with E-state index in [1.807, 2.05) is 6.33 Å². The molecule has 5 rings (SSSR count). The van der Waals surface area contributed by atoms with E-state index in [0.717, 1.165) is 38.2 Å². The van der Waals surface area contributed by atoms with Crippen molar-refractivity contribution >= 4 is 6.09 Å². The molecule has 1 unspecified atom stereocenters. The summed E-state index contributed by atoms with van der Waals surface area (Å²) in [6.45, 7) is 14.5. The topological polar surface area (TPSA) is 93.7 Å². The maximum Gasteiger partial charge on any atom is 0.408 e. The Labute approximate surface area is 233 Å². The van der Waals surface area contributed by atoms with Crippen molar-refractivity contribution in [2.75, 3.05) is 33.9 Å². The smallest absolute Gasteiger partial charge is 0.408 e. The first-order valence-electron chi connectivity index (χ1n) is 14.7. The summed E-state index contributed by atoms with van der Waals surface area (Å²) in [6.07, 6.45) is 8.82. The third-order valence-corrected chi connectivity index (χ3v) is 9.37. The van der Waals surface area contributed by atoms with E-state index in [9.17, 15) is 4.79 Å². The Hall–Kier alpha value is -1.94. The minimum absolute atomic E-state index is 0.00309. The van der Waals surface area contributed by atoms with Gasteiger partial charge < -0.3 is 33.7 Å². The lowest BCUT2D eigenvalue weighted by Gasteiger charge is -2.42. The van der Waals surface area contributed by atoms with Gasteiger partial charge in [-0.3, -0.25) is 0 Å². The lowest BCUT2D eigenvalue weighted by molar-refractivity contribution is -0.118. The largest absolute Gasteiger partial charge is 0.443 e. The van der Waals surface area contributed by atoms with Crippen molar-refractivity contribution in [3.63, 3.8) is 0 Å². The molecule has 9 nitrogen and oxygen atoms in total. The first-order valence-corrected chi connectivity index (χ1v) is 14.7. The number of imidazole rings is 1. The van der Waals surface area contributed by atoms with E-state index in [2.05, 4.69) is 73.7 Å². The Morgan fingerprint density at radius 3 is 2.72 bits per heavy atom. The second-order valence-electron chi connectivity index (χ2n) is 13.1. The van der Waals surface area contributed by atoms with Crippen molar-refractivity contribution in [3.8, 4) is 0 Å². The summed E-state index contributed by atoms with van der Waals surface area (Å²) >= 11 is 0. The average Bonchev–Trinajstić information content (AvgIpc) is 3.66. The van der Waals surface area contributed by atoms with Crippen LogP contribution in [0.3, 0.4) is 0 Å². The van der Waals surface area contributed by atoms with Gasteiger partial charge in [0.25, 0.3) is 0 Å². The number of ether oxygens (including phenoxy) is 4. The number of methoxy groups -OCH3 is 1. The van der Waals surface area contributed by atoms with Crippen molar-refractivity contribution in [2.24, 2.45) is 17.8 Å². The Kier molecular flexibility index (Phi) is 8.17. The van der Waals surface area contributed by atoms with E-state index in [0.29, 0.717) is 18.9 Å². The van der Waals surface area contributed by atoms with Gasteiger partial charge in [-0.15, -0.1) is 0 Å². The number of hydrogen-bond acceptors (Lipinski definition) is 7. The molecule has 1 aliphatic carbocycles. The number of carbonyl (C=O) groups is 1. The molecule has 1 aromatic rings. The number of amides is 1. The summed E-state index contributed by atoms with van der Waals surface area (Å²) in [5, 5.41) is 3.11. The third-order valence-electron chi connectivity index (χ3n) is 9.37. The first kappa shape index (κ1) is 28.6. The maximum absolute atomic E-state index is 13.3. The van der Waals surface area contributed by atoms with Gasteiger partial charge in [-0.25, -0.2) is 9.78 Å². The van der Waals surface area contributed by atoms with Gasteiger partial charge in [0.2, 0.25) is 0 Å². The number of hydrogen-bond donors (Lipinski definition) is 1. The zero-order valence-corrected chi connectivity index (χ0v) is 24.8. The summed E-state index contributed by atoms with van der Waals surface area (Å²) in [6, 6.07) is -0.235. The number of alkyl carbamates (subject to hydrolysis) is 1. The van der Waals surface area contributed by atoms with Gasteiger partial charge in [0.15, 0.2) is 0 Å². The molecule has 1 aromatic heterocycles. The summed E-state index contributed by atoms with van der Waals surface area (Å²) in [5.74, 6) is 0.798. The Balaban J connectivity index is 1.23.